The molecule has 2 N–H and O–H groups in total. The van der Waals surface area contributed by atoms with Gasteiger partial charge in [-0.2, -0.15) is 0 Å². The predicted molar refractivity (Wildman–Crippen MR) is 71.1 cm³/mol. The average molecular weight is 262 g/mol. The van der Waals surface area contributed by atoms with Crippen molar-refractivity contribution in [3.05, 3.63) is 21.3 Å². The van der Waals surface area contributed by atoms with Crippen LogP contribution < -0.4 is 5.32 Å². The Kier molecular flexibility index (Phi) is 5.25. The SMILES string of the molecule is CC(C)(C)CC(O)CNCc1cc(Cl)cs1. The molecule has 0 saturated carbocycles. The van der Waals surface area contributed by atoms with E-state index in [0.29, 0.717) is 6.54 Å². The van der Waals surface area contributed by atoms with E-state index in [4.69, 9.17) is 11.6 Å². The van der Waals surface area contributed by atoms with E-state index < -0.39 is 0 Å². The van der Waals surface area contributed by atoms with Crippen molar-refractivity contribution in [3.8, 4) is 0 Å². The second kappa shape index (κ2) is 6.01. The van der Waals surface area contributed by atoms with Crippen LogP contribution in [0.3, 0.4) is 0 Å². The zero-order chi connectivity index (χ0) is 12.2. The van der Waals surface area contributed by atoms with Gasteiger partial charge in [0.2, 0.25) is 0 Å². The monoisotopic (exact) mass is 261 g/mol. The molecule has 92 valence electrons. The van der Waals surface area contributed by atoms with E-state index in [1.807, 2.05) is 11.4 Å². The number of thiophene rings is 1. The maximum atomic E-state index is 9.78. The molecule has 1 rings (SSSR count). The van der Waals surface area contributed by atoms with Crippen molar-refractivity contribution >= 4 is 22.9 Å². The third-order valence-corrected chi connectivity index (χ3v) is 3.43. The molecule has 0 amide bonds. The summed E-state index contributed by atoms with van der Waals surface area (Å²) in [7, 11) is 0. The molecule has 0 aliphatic heterocycles. The standard InChI is InChI=1S/C12H20ClNOS/c1-12(2,3)5-10(15)6-14-7-11-4-9(13)8-16-11/h4,8,10,14-15H,5-7H2,1-3H3. The third-order valence-electron chi connectivity index (χ3n) is 2.15. The fourth-order valence-electron chi connectivity index (χ4n) is 1.59. The molecule has 0 saturated heterocycles. The number of hydrogen-bond donors (Lipinski definition) is 2. The Morgan fingerprint density at radius 3 is 2.69 bits per heavy atom. The van der Waals surface area contributed by atoms with E-state index in [-0.39, 0.29) is 11.5 Å². The highest BCUT2D eigenvalue weighted by molar-refractivity contribution is 7.10. The fourth-order valence-corrected chi connectivity index (χ4v) is 2.63. The molecule has 16 heavy (non-hydrogen) atoms. The number of aliphatic hydroxyl groups excluding tert-OH is 1. The molecule has 0 spiro atoms. The van der Waals surface area contributed by atoms with Gasteiger partial charge in [0.05, 0.1) is 11.1 Å². The third kappa shape index (κ3) is 5.85. The number of rotatable bonds is 5. The summed E-state index contributed by atoms with van der Waals surface area (Å²) in [5.41, 5.74) is 0.174. The van der Waals surface area contributed by atoms with E-state index in [0.717, 1.165) is 18.0 Å². The van der Waals surface area contributed by atoms with Crippen molar-refractivity contribution in [2.24, 2.45) is 5.41 Å². The second-order valence-corrected chi connectivity index (χ2v) is 6.71. The summed E-state index contributed by atoms with van der Waals surface area (Å²) >= 11 is 7.46. The van der Waals surface area contributed by atoms with Crippen LogP contribution in [-0.4, -0.2) is 17.8 Å². The molecule has 0 aliphatic carbocycles. The first kappa shape index (κ1) is 14.0. The molecule has 0 bridgehead atoms. The Morgan fingerprint density at radius 1 is 1.50 bits per heavy atom. The molecular formula is C12H20ClNOS. The molecule has 4 heteroatoms. The number of aliphatic hydroxyl groups is 1. The highest BCUT2D eigenvalue weighted by Gasteiger charge is 2.16. The van der Waals surface area contributed by atoms with Gasteiger partial charge in [0.1, 0.15) is 0 Å². The zero-order valence-electron chi connectivity index (χ0n) is 10.1. The zero-order valence-corrected chi connectivity index (χ0v) is 11.7. The number of hydrogen-bond acceptors (Lipinski definition) is 3. The number of nitrogens with one attached hydrogen (secondary N) is 1. The van der Waals surface area contributed by atoms with Crippen molar-refractivity contribution < 1.29 is 5.11 Å². The molecule has 1 aromatic heterocycles. The van der Waals surface area contributed by atoms with E-state index in [1.165, 1.54) is 4.88 Å². The molecular weight excluding hydrogens is 242 g/mol. The van der Waals surface area contributed by atoms with E-state index in [1.54, 1.807) is 11.3 Å². The molecule has 0 fully saturated rings. The van der Waals surface area contributed by atoms with Gasteiger partial charge in [-0.3, -0.25) is 0 Å². The lowest BCUT2D eigenvalue weighted by molar-refractivity contribution is 0.119. The normalized spacial score (nSPS) is 14.1. The van der Waals surface area contributed by atoms with Crippen molar-refractivity contribution in [1.82, 2.24) is 5.32 Å². The first-order chi connectivity index (χ1) is 7.37. The van der Waals surface area contributed by atoms with Crippen LogP contribution in [0.5, 0.6) is 0 Å². The topological polar surface area (TPSA) is 32.3 Å². The largest absolute Gasteiger partial charge is 0.392 e. The van der Waals surface area contributed by atoms with Crippen LogP contribution in [-0.2, 0) is 6.54 Å². The minimum Gasteiger partial charge on any atom is -0.392 e. The lowest BCUT2D eigenvalue weighted by Crippen LogP contribution is -2.29. The minimum absolute atomic E-state index is 0.174. The van der Waals surface area contributed by atoms with Crippen molar-refractivity contribution in [1.29, 1.82) is 0 Å². The number of halogens is 1. The van der Waals surface area contributed by atoms with Gasteiger partial charge in [0, 0.05) is 23.3 Å². The van der Waals surface area contributed by atoms with Gasteiger partial charge in [-0.25, -0.2) is 0 Å². The van der Waals surface area contributed by atoms with Gasteiger partial charge in [-0.1, -0.05) is 32.4 Å². The molecule has 0 radical (unpaired) electrons. The van der Waals surface area contributed by atoms with E-state index in [2.05, 4.69) is 26.1 Å². The lowest BCUT2D eigenvalue weighted by Gasteiger charge is -2.22. The minimum atomic E-state index is -0.282. The fraction of sp³-hybridized carbons (Fsp3) is 0.667. The summed E-state index contributed by atoms with van der Waals surface area (Å²) in [5.74, 6) is 0. The van der Waals surface area contributed by atoms with Crippen molar-refractivity contribution in [2.75, 3.05) is 6.54 Å². The molecule has 2 nitrogen and oxygen atoms in total. The van der Waals surface area contributed by atoms with E-state index >= 15 is 0 Å². The first-order valence-electron chi connectivity index (χ1n) is 5.48. The predicted octanol–water partition coefficient (Wildman–Crippen LogP) is 3.29. The molecule has 0 aromatic carbocycles. The summed E-state index contributed by atoms with van der Waals surface area (Å²) < 4.78 is 0. The van der Waals surface area contributed by atoms with Gasteiger partial charge >= 0.3 is 0 Å². The van der Waals surface area contributed by atoms with Crippen LogP contribution in [0.1, 0.15) is 32.1 Å². The van der Waals surface area contributed by atoms with Crippen LogP contribution in [0, 0.1) is 5.41 Å². The first-order valence-corrected chi connectivity index (χ1v) is 6.74. The summed E-state index contributed by atoms with van der Waals surface area (Å²) in [4.78, 5) is 1.20. The smallest absolute Gasteiger partial charge is 0.0669 e. The van der Waals surface area contributed by atoms with Crippen LogP contribution in [0.15, 0.2) is 11.4 Å². The Morgan fingerprint density at radius 2 is 2.19 bits per heavy atom. The Labute approximate surface area is 107 Å². The maximum absolute atomic E-state index is 9.78. The highest BCUT2D eigenvalue weighted by Crippen LogP contribution is 2.21. The Balaban J connectivity index is 2.20. The van der Waals surface area contributed by atoms with Crippen LogP contribution in [0.25, 0.3) is 0 Å². The molecule has 1 atom stereocenters. The Hall–Kier alpha value is -0.0900. The Bertz CT molecular complexity index is 319. The summed E-state index contributed by atoms with van der Waals surface area (Å²) in [6.45, 7) is 7.81. The van der Waals surface area contributed by atoms with Gasteiger partial charge in [-0.15, -0.1) is 11.3 Å². The van der Waals surface area contributed by atoms with Gasteiger partial charge in [-0.05, 0) is 17.9 Å². The van der Waals surface area contributed by atoms with Crippen LogP contribution in [0.2, 0.25) is 5.02 Å². The summed E-state index contributed by atoms with van der Waals surface area (Å²) in [6, 6.07) is 1.95. The van der Waals surface area contributed by atoms with Crippen molar-refractivity contribution in [2.45, 2.75) is 39.8 Å². The lowest BCUT2D eigenvalue weighted by atomic mass is 9.89. The van der Waals surface area contributed by atoms with E-state index in [9.17, 15) is 5.11 Å². The maximum Gasteiger partial charge on any atom is 0.0669 e. The van der Waals surface area contributed by atoms with Crippen molar-refractivity contribution in [3.63, 3.8) is 0 Å². The quantitative estimate of drug-likeness (QED) is 0.853. The van der Waals surface area contributed by atoms with Crippen LogP contribution >= 0.6 is 22.9 Å². The molecule has 1 aromatic rings. The molecule has 1 heterocycles. The molecule has 0 aliphatic rings. The van der Waals surface area contributed by atoms with Gasteiger partial charge in [0.25, 0.3) is 0 Å². The summed E-state index contributed by atoms with van der Waals surface area (Å²) in [5, 5.41) is 15.7. The van der Waals surface area contributed by atoms with Gasteiger partial charge < -0.3 is 10.4 Å². The molecule has 1 unspecified atom stereocenters. The van der Waals surface area contributed by atoms with Gasteiger partial charge in [0.15, 0.2) is 0 Å². The second-order valence-electron chi connectivity index (χ2n) is 5.28. The average Bonchev–Trinajstić information content (AvgIpc) is 2.48. The van der Waals surface area contributed by atoms with Crippen LogP contribution in [0.4, 0.5) is 0 Å². The summed E-state index contributed by atoms with van der Waals surface area (Å²) in [6.07, 6.45) is 0.529. The highest BCUT2D eigenvalue weighted by atomic mass is 35.5.